The lowest BCUT2D eigenvalue weighted by atomic mass is 10.1. The summed E-state index contributed by atoms with van der Waals surface area (Å²) in [6, 6.07) is 22.0. The lowest BCUT2D eigenvalue weighted by molar-refractivity contribution is -0.113. The summed E-state index contributed by atoms with van der Waals surface area (Å²) in [5.41, 5.74) is 2.65. The second-order valence-electron chi connectivity index (χ2n) is 6.59. The Kier molecular flexibility index (Phi) is 5.55. The number of nitrogens with zero attached hydrogens (tertiary/aromatic N) is 2. The Labute approximate surface area is 179 Å². The molecular weight excluding hydrogens is 400 g/mol. The molecule has 0 radical (unpaired) electrons. The summed E-state index contributed by atoms with van der Waals surface area (Å²) in [5.74, 6) is 1.77. The Morgan fingerprint density at radius 2 is 1.60 bits per heavy atom. The zero-order valence-corrected chi connectivity index (χ0v) is 17.3. The molecule has 0 N–H and O–H groups in total. The van der Waals surface area contributed by atoms with Crippen LogP contribution in [0.3, 0.4) is 0 Å². The van der Waals surface area contributed by atoms with Crippen LogP contribution in [-0.2, 0) is 4.79 Å². The van der Waals surface area contributed by atoms with Gasteiger partial charge in [-0.15, -0.1) is 0 Å². The lowest BCUT2D eigenvalue weighted by Gasteiger charge is -2.18. The summed E-state index contributed by atoms with van der Waals surface area (Å²) in [4.78, 5) is 19.6. The van der Waals surface area contributed by atoms with E-state index < -0.39 is 0 Å². The van der Waals surface area contributed by atoms with Crippen molar-refractivity contribution in [3.05, 3.63) is 94.6 Å². The number of halogens is 1. The normalized spacial score (nSPS) is 14.8. The maximum atomic E-state index is 13.3. The molecule has 3 aromatic carbocycles. The fourth-order valence-electron chi connectivity index (χ4n) is 3.17. The highest BCUT2D eigenvalue weighted by Gasteiger charge is 2.32. The molecule has 1 aliphatic rings. The highest BCUT2D eigenvalue weighted by atomic mass is 35.5. The molecule has 1 aliphatic heterocycles. The third-order valence-electron chi connectivity index (χ3n) is 4.69. The van der Waals surface area contributed by atoms with Crippen molar-refractivity contribution in [3.8, 4) is 11.5 Å². The summed E-state index contributed by atoms with van der Waals surface area (Å²) in [7, 11) is 3.22. The minimum atomic E-state index is -0.217. The summed E-state index contributed by atoms with van der Waals surface area (Å²) < 4.78 is 10.5. The number of methoxy groups -OCH3 is 2. The third-order valence-corrected chi connectivity index (χ3v) is 4.94. The summed E-state index contributed by atoms with van der Waals surface area (Å²) in [6.07, 6.45) is 1.75. The predicted molar refractivity (Wildman–Crippen MR) is 119 cm³/mol. The van der Waals surface area contributed by atoms with E-state index >= 15 is 0 Å². The zero-order chi connectivity index (χ0) is 21.1. The maximum absolute atomic E-state index is 13.3. The number of carbonyl (C=O) groups excluding carboxylic acids is 1. The van der Waals surface area contributed by atoms with Crippen LogP contribution >= 0.6 is 11.6 Å². The van der Waals surface area contributed by atoms with Gasteiger partial charge in [0.15, 0.2) is 0 Å². The molecule has 1 amide bonds. The van der Waals surface area contributed by atoms with Crippen molar-refractivity contribution in [3.63, 3.8) is 0 Å². The second-order valence-corrected chi connectivity index (χ2v) is 7.02. The van der Waals surface area contributed by atoms with Crippen LogP contribution in [0.4, 0.5) is 5.69 Å². The van der Waals surface area contributed by atoms with Gasteiger partial charge in [-0.1, -0.05) is 23.7 Å². The van der Waals surface area contributed by atoms with E-state index in [1.165, 1.54) is 0 Å². The van der Waals surface area contributed by atoms with Crippen LogP contribution in [0.1, 0.15) is 11.1 Å². The van der Waals surface area contributed by atoms with Gasteiger partial charge in [0.25, 0.3) is 5.91 Å². The van der Waals surface area contributed by atoms with Gasteiger partial charge < -0.3 is 9.47 Å². The summed E-state index contributed by atoms with van der Waals surface area (Å²) >= 11 is 6.04. The third kappa shape index (κ3) is 3.93. The van der Waals surface area contributed by atoms with Crippen LogP contribution in [-0.4, -0.2) is 26.0 Å². The molecule has 0 bridgehead atoms. The van der Waals surface area contributed by atoms with Crippen molar-refractivity contribution in [2.45, 2.75) is 0 Å². The van der Waals surface area contributed by atoms with Gasteiger partial charge in [0.1, 0.15) is 23.0 Å². The van der Waals surface area contributed by atoms with Crippen molar-refractivity contribution in [2.24, 2.45) is 4.99 Å². The summed E-state index contributed by atoms with van der Waals surface area (Å²) in [5, 5.41) is 0.598. The molecule has 0 saturated carbocycles. The Morgan fingerprint density at radius 3 is 2.27 bits per heavy atom. The van der Waals surface area contributed by atoms with E-state index in [1.54, 1.807) is 49.5 Å². The van der Waals surface area contributed by atoms with Crippen LogP contribution in [0.2, 0.25) is 5.02 Å². The Morgan fingerprint density at radius 1 is 0.900 bits per heavy atom. The predicted octanol–water partition coefficient (Wildman–Crippen LogP) is 5.19. The van der Waals surface area contributed by atoms with E-state index in [2.05, 4.69) is 4.99 Å². The van der Waals surface area contributed by atoms with Crippen molar-refractivity contribution in [1.29, 1.82) is 0 Å². The minimum absolute atomic E-state index is 0.217. The monoisotopic (exact) mass is 418 g/mol. The molecule has 6 heteroatoms. The SMILES string of the molecule is COc1ccc(C2=N/C(=C/c3cccc(OC)c3)C(=O)N2c2ccc(Cl)cc2)cc1. The quantitative estimate of drug-likeness (QED) is 0.535. The minimum Gasteiger partial charge on any atom is -0.497 e. The van der Waals surface area contributed by atoms with Crippen LogP contribution in [0.5, 0.6) is 11.5 Å². The van der Waals surface area contributed by atoms with E-state index in [1.807, 2.05) is 48.5 Å². The van der Waals surface area contributed by atoms with Crippen molar-refractivity contribution < 1.29 is 14.3 Å². The fourth-order valence-corrected chi connectivity index (χ4v) is 3.30. The smallest absolute Gasteiger partial charge is 0.282 e. The van der Waals surface area contributed by atoms with Gasteiger partial charge in [0, 0.05) is 10.6 Å². The first kappa shape index (κ1) is 19.7. The van der Waals surface area contributed by atoms with Crippen LogP contribution < -0.4 is 14.4 Å². The number of benzene rings is 3. The van der Waals surface area contributed by atoms with Crippen LogP contribution in [0.25, 0.3) is 6.08 Å². The van der Waals surface area contributed by atoms with Crippen molar-refractivity contribution in [1.82, 2.24) is 0 Å². The van der Waals surface area contributed by atoms with E-state index in [4.69, 9.17) is 21.1 Å². The maximum Gasteiger partial charge on any atom is 0.282 e. The largest absolute Gasteiger partial charge is 0.497 e. The van der Waals surface area contributed by atoms with Gasteiger partial charge in [-0.2, -0.15) is 0 Å². The fraction of sp³-hybridized carbons (Fsp3) is 0.0833. The van der Waals surface area contributed by atoms with Gasteiger partial charge in [-0.25, -0.2) is 4.99 Å². The molecule has 0 aromatic heterocycles. The Balaban J connectivity index is 1.80. The first-order valence-electron chi connectivity index (χ1n) is 9.28. The molecule has 0 spiro atoms. The van der Waals surface area contributed by atoms with E-state index in [-0.39, 0.29) is 5.91 Å². The van der Waals surface area contributed by atoms with Crippen LogP contribution in [0, 0.1) is 0 Å². The van der Waals surface area contributed by atoms with E-state index in [9.17, 15) is 4.79 Å². The molecule has 150 valence electrons. The number of anilines is 1. The molecule has 0 saturated heterocycles. The number of amides is 1. The van der Waals surface area contributed by atoms with E-state index in [0.29, 0.717) is 28.0 Å². The number of ether oxygens (including phenoxy) is 2. The molecule has 0 aliphatic carbocycles. The molecule has 30 heavy (non-hydrogen) atoms. The topological polar surface area (TPSA) is 51.1 Å². The van der Waals surface area contributed by atoms with E-state index in [0.717, 1.165) is 16.9 Å². The average molecular weight is 419 g/mol. The van der Waals surface area contributed by atoms with Gasteiger partial charge in [-0.3, -0.25) is 9.69 Å². The van der Waals surface area contributed by atoms with Crippen molar-refractivity contribution in [2.75, 3.05) is 19.1 Å². The number of carbonyl (C=O) groups is 1. The van der Waals surface area contributed by atoms with Gasteiger partial charge in [-0.05, 0) is 72.3 Å². The molecule has 0 fully saturated rings. The molecule has 5 nitrogen and oxygen atoms in total. The Bertz CT molecular complexity index is 1140. The first-order valence-corrected chi connectivity index (χ1v) is 9.66. The lowest BCUT2D eigenvalue weighted by Crippen LogP contribution is -2.32. The van der Waals surface area contributed by atoms with Gasteiger partial charge >= 0.3 is 0 Å². The van der Waals surface area contributed by atoms with Gasteiger partial charge in [0.2, 0.25) is 0 Å². The zero-order valence-electron chi connectivity index (χ0n) is 16.5. The number of aliphatic imine (C=N–C) groups is 1. The average Bonchev–Trinajstić information content (AvgIpc) is 3.10. The molecule has 0 unspecified atom stereocenters. The Hall–Kier alpha value is -3.57. The molecule has 0 atom stereocenters. The highest BCUT2D eigenvalue weighted by Crippen LogP contribution is 2.29. The molecule has 4 rings (SSSR count). The number of rotatable bonds is 5. The molecule has 3 aromatic rings. The van der Waals surface area contributed by atoms with Crippen LogP contribution in [0.15, 0.2) is 83.5 Å². The number of amidine groups is 1. The summed E-state index contributed by atoms with van der Waals surface area (Å²) in [6.45, 7) is 0. The molecular formula is C24H19ClN2O3. The molecule has 1 heterocycles. The number of hydrogen-bond acceptors (Lipinski definition) is 4. The highest BCUT2D eigenvalue weighted by molar-refractivity contribution is 6.34. The number of hydrogen-bond donors (Lipinski definition) is 0. The second kappa shape index (κ2) is 8.43. The van der Waals surface area contributed by atoms with Gasteiger partial charge in [0.05, 0.1) is 19.9 Å². The van der Waals surface area contributed by atoms with Crippen molar-refractivity contribution >= 4 is 35.1 Å². The standard InChI is InChI=1S/C24H19ClN2O3/c1-29-20-12-6-17(7-13-20)23-26-22(15-16-4-3-5-21(14-16)30-2)24(28)27(23)19-10-8-18(25)9-11-19/h3-15H,1-2H3/b22-15+. The first-order chi connectivity index (χ1) is 14.6.